The molecule has 7 heteroatoms. The molecule has 1 aromatic carbocycles. The molecule has 2 saturated heterocycles. The van der Waals surface area contributed by atoms with Gasteiger partial charge in [0, 0.05) is 38.4 Å². The molecule has 2 aliphatic rings. The number of aliphatic carboxylic acids is 1. The molecule has 2 amide bonds. The van der Waals surface area contributed by atoms with E-state index in [2.05, 4.69) is 5.32 Å². The normalized spacial score (nSPS) is 24.4. The predicted molar refractivity (Wildman–Crippen MR) is 103 cm³/mol. The number of carbonyl (C=O) groups excluding carboxylic acids is 2. The Kier molecular flexibility index (Phi) is 6.03. The topological polar surface area (TPSA) is 95.9 Å². The quantitative estimate of drug-likeness (QED) is 0.804. The largest absolute Gasteiger partial charge is 0.481 e. The number of rotatable bonds is 5. The van der Waals surface area contributed by atoms with Crippen LogP contribution in [0.1, 0.15) is 43.0 Å². The van der Waals surface area contributed by atoms with E-state index in [9.17, 15) is 19.5 Å². The first kappa shape index (κ1) is 20.3. The van der Waals surface area contributed by atoms with Gasteiger partial charge in [0.1, 0.15) is 0 Å². The number of hydrogen-bond acceptors (Lipinski definition) is 4. The van der Waals surface area contributed by atoms with Gasteiger partial charge in [0.05, 0.1) is 10.8 Å². The van der Waals surface area contributed by atoms with E-state index in [-0.39, 0.29) is 18.4 Å². The number of carboxylic acid groups (broad SMARTS) is 1. The molecule has 0 aromatic heterocycles. The molecular weight excluding hydrogens is 360 g/mol. The maximum Gasteiger partial charge on any atom is 0.311 e. The van der Waals surface area contributed by atoms with Crippen molar-refractivity contribution in [3.63, 3.8) is 0 Å². The number of benzene rings is 1. The fraction of sp³-hybridized carbons (Fsp3) is 0.571. The Hall–Kier alpha value is -2.41. The molecular formula is C21H28N2O5. The molecule has 0 aliphatic carbocycles. The highest BCUT2D eigenvalue weighted by atomic mass is 16.5. The highest BCUT2D eigenvalue weighted by molar-refractivity contribution is 5.95. The Balaban J connectivity index is 1.65. The Morgan fingerprint density at radius 1 is 1.14 bits per heavy atom. The fourth-order valence-corrected chi connectivity index (χ4v) is 4.05. The molecule has 7 nitrogen and oxygen atoms in total. The lowest BCUT2D eigenvalue weighted by Gasteiger charge is -2.40. The Labute approximate surface area is 165 Å². The number of likely N-dealkylation sites (tertiary alicyclic amines) is 1. The van der Waals surface area contributed by atoms with Crippen LogP contribution in [0.3, 0.4) is 0 Å². The van der Waals surface area contributed by atoms with E-state index in [1.54, 1.807) is 17.0 Å². The van der Waals surface area contributed by atoms with Crippen molar-refractivity contribution in [1.82, 2.24) is 10.2 Å². The average molecular weight is 388 g/mol. The number of hydrogen-bond donors (Lipinski definition) is 2. The van der Waals surface area contributed by atoms with Gasteiger partial charge < -0.3 is 20.1 Å². The molecule has 2 aliphatic heterocycles. The summed E-state index contributed by atoms with van der Waals surface area (Å²) in [6.07, 6.45) is 2.18. The van der Waals surface area contributed by atoms with Crippen molar-refractivity contribution in [1.29, 1.82) is 0 Å². The maximum absolute atomic E-state index is 13.0. The fourth-order valence-electron chi connectivity index (χ4n) is 4.05. The van der Waals surface area contributed by atoms with Crippen molar-refractivity contribution in [2.75, 3.05) is 32.8 Å². The number of carbonyl (C=O) groups is 3. The molecule has 0 saturated carbocycles. The molecule has 0 radical (unpaired) electrons. The van der Waals surface area contributed by atoms with Crippen LogP contribution in [0.4, 0.5) is 0 Å². The van der Waals surface area contributed by atoms with Gasteiger partial charge in [0.2, 0.25) is 5.91 Å². The SMILES string of the molecule is CC1(C(=O)NCC2(C(=O)O)CCOCC2)CCCN(C(=O)c2ccccc2)C1. The van der Waals surface area contributed by atoms with Crippen LogP contribution in [0.5, 0.6) is 0 Å². The molecule has 0 bridgehead atoms. The second-order valence-corrected chi connectivity index (χ2v) is 8.14. The first-order valence-corrected chi connectivity index (χ1v) is 9.80. The smallest absolute Gasteiger partial charge is 0.311 e. The lowest BCUT2D eigenvalue weighted by Crippen LogP contribution is -2.54. The number of amides is 2. The highest BCUT2D eigenvalue weighted by Crippen LogP contribution is 2.33. The van der Waals surface area contributed by atoms with Crippen molar-refractivity contribution < 1.29 is 24.2 Å². The monoisotopic (exact) mass is 388 g/mol. The van der Waals surface area contributed by atoms with E-state index in [0.29, 0.717) is 51.1 Å². The first-order valence-electron chi connectivity index (χ1n) is 9.80. The maximum atomic E-state index is 13.0. The van der Waals surface area contributed by atoms with Crippen LogP contribution >= 0.6 is 0 Å². The standard InChI is InChI=1S/C21H28N2O5/c1-20(18(25)22-14-21(19(26)27)9-12-28-13-10-21)8-5-11-23(15-20)17(24)16-6-3-2-4-7-16/h2-4,6-7H,5,8-15H2,1H3,(H,22,25)(H,26,27). The summed E-state index contributed by atoms with van der Waals surface area (Å²) in [6, 6.07) is 9.05. The number of piperidine rings is 1. The summed E-state index contributed by atoms with van der Waals surface area (Å²) < 4.78 is 5.28. The third-order valence-corrected chi connectivity index (χ3v) is 6.04. The zero-order chi connectivity index (χ0) is 20.2. The van der Waals surface area contributed by atoms with Gasteiger partial charge in [-0.05, 0) is 44.7 Å². The van der Waals surface area contributed by atoms with Gasteiger partial charge in [0.25, 0.3) is 5.91 Å². The molecule has 3 rings (SSSR count). The van der Waals surface area contributed by atoms with Crippen LogP contribution in [0.2, 0.25) is 0 Å². The Morgan fingerprint density at radius 2 is 1.82 bits per heavy atom. The van der Waals surface area contributed by atoms with Crippen molar-refractivity contribution in [3.05, 3.63) is 35.9 Å². The summed E-state index contributed by atoms with van der Waals surface area (Å²) in [5, 5.41) is 12.5. The lowest BCUT2D eigenvalue weighted by atomic mass is 9.78. The molecule has 2 fully saturated rings. The number of nitrogens with one attached hydrogen (secondary N) is 1. The summed E-state index contributed by atoms with van der Waals surface area (Å²) in [5.41, 5.74) is -1.09. The number of ether oxygens (including phenoxy) is 1. The number of carboxylic acids is 1. The van der Waals surface area contributed by atoms with Crippen molar-refractivity contribution >= 4 is 17.8 Å². The van der Waals surface area contributed by atoms with Crippen LogP contribution in [-0.2, 0) is 14.3 Å². The molecule has 2 heterocycles. The van der Waals surface area contributed by atoms with Gasteiger partial charge >= 0.3 is 5.97 Å². The summed E-state index contributed by atoms with van der Waals surface area (Å²) in [6.45, 7) is 3.66. The summed E-state index contributed by atoms with van der Waals surface area (Å²) >= 11 is 0. The first-order chi connectivity index (χ1) is 13.4. The van der Waals surface area contributed by atoms with Crippen LogP contribution in [-0.4, -0.2) is 60.6 Å². The minimum Gasteiger partial charge on any atom is -0.481 e. The predicted octanol–water partition coefficient (Wildman–Crippen LogP) is 1.93. The van der Waals surface area contributed by atoms with Crippen molar-refractivity contribution in [2.45, 2.75) is 32.6 Å². The summed E-state index contributed by atoms with van der Waals surface area (Å²) in [4.78, 5) is 39.2. The Morgan fingerprint density at radius 3 is 2.46 bits per heavy atom. The van der Waals surface area contributed by atoms with Crippen LogP contribution in [0.15, 0.2) is 30.3 Å². The van der Waals surface area contributed by atoms with E-state index in [1.807, 2.05) is 25.1 Å². The Bertz CT molecular complexity index is 730. The van der Waals surface area contributed by atoms with Crippen LogP contribution in [0.25, 0.3) is 0 Å². The van der Waals surface area contributed by atoms with E-state index in [1.165, 1.54) is 0 Å². The molecule has 28 heavy (non-hydrogen) atoms. The zero-order valence-electron chi connectivity index (χ0n) is 16.3. The van der Waals surface area contributed by atoms with Crippen molar-refractivity contribution in [2.24, 2.45) is 10.8 Å². The van der Waals surface area contributed by atoms with Gasteiger partial charge in [-0.1, -0.05) is 18.2 Å². The number of nitrogens with zero attached hydrogens (tertiary/aromatic N) is 1. The molecule has 0 spiro atoms. The minimum atomic E-state index is -0.974. The molecule has 1 unspecified atom stereocenters. The van der Waals surface area contributed by atoms with E-state index in [0.717, 1.165) is 6.42 Å². The van der Waals surface area contributed by atoms with E-state index >= 15 is 0 Å². The minimum absolute atomic E-state index is 0.0780. The molecule has 152 valence electrons. The second-order valence-electron chi connectivity index (χ2n) is 8.14. The third-order valence-electron chi connectivity index (χ3n) is 6.04. The lowest BCUT2D eigenvalue weighted by molar-refractivity contribution is -0.155. The molecule has 2 N–H and O–H groups in total. The van der Waals surface area contributed by atoms with Crippen LogP contribution < -0.4 is 5.32 Å². The summed E-state index contributed by atoms with van der Waals surface area (Å²) in [7, 11) is 0. The van der Waals surface area contributed by atoms with Crippen molar-refractivity contribution in [3.8, 4) is 0 Å². The van der Waals surface area contributed by atoms with Gasteiger partial charge in [0.15, 0.2) is 0 Å². The summed E-state index contributed by atoms with van der Waals surface area (Å²) in [5.74, 6) is -1.17. The molecule has 1 atom stereocenters. The van der Waals surface area contributed by atoms with E-state index < -0.39 is 16.8 Å². The second kappa shape index (κ2) is 8.31. The van der Waals surface area contributed by atoms with Gasteiger partial charge in [-0.3, -0.25) is 14.4 Å². The van der Waals surface area contributed by atoms with Crippen LogP contribution in [0, 0.1) is 10.8 Å². The van der Waals surface area contributed by atoms with Gasteiger partial charge in [-0.25, -0.2) is 0 Å². The van der Waals surface area contributed by atoms with Gasteiger partial charge in [-0.2, -0.15) is 0 Å². The van der Waals surface area contributed by atoms with Gasteiger partial charge in [-0.15, -0.1) is 0 Å². The highest BCUT2D eigenvalue weighted by Gasteiger charge is 2.44. The third kappa shape index (κ3) is 4.19. The molecule has 1 aromatic rings. The average Bonchev–Trinajstić information content (AvgIpc) is 2.72. The van der Waals surface area contributed by atoms with E-state index in [4.69, 9.17) is 4.74 Å². The zero-order valence-corrected chi connectivity index (χ0v) is 16.3.